The Balaban J connectivity index is 1.80. The van der Waals surface area contributed by atoms with Crippen LogP contribution in [0.4, 0.5) is 0 Å². The molecule has 1 aliphatic rings. The quantitative estimate of drug-likeness (QED) is 0.518. The van der Waals surface area contributed by atoms with Gasteiger partial charge in [-0.05, 0) is 30.7 Å². The van der Waals surface area contributed by atoms with Crippen LogP contribution in [0.5, 0.6) is 11.5 Å². The molecule has 0 aromatic heterocycles. The second kappa shape index (κ2) is 8.47. The average molecular weight is 315 g/mol. The molecule has 0 N–H and O–H groups in total. The highest BCUT2D eigenvalue weighted by Gasteiger charge is 2.42. The second-order valence-electron chi connectivity index (χ2n) is 5.06. The first-order valence-electron chi connectivity index (χ1n) is 7.38. The summed E-state index contributed by atoms with van der Waals surface area (Å²) < 4.78 is 22.1. The van der Waals surface area contributed by atoms with Gasteiger partial charge in [-0.2, -0.15) is 0 Å². The first kappa shape index (κ1) is 16.4. The van der Waals surface area contributed by atoms with E-state index in [2.05, 4.69) is 6.92 Å². The van der Waals surface area contributed by atoms with Crippen LogP contribution in [0.2, 0.25) is 0 Å². The highest BCUT2D eigenvalue weighted by molar-refractivity contribution is 6.21. The van der Waals surface area contributed by atoms with Gasteiger partial charge in [0.2, 0.25) is 0 Å². The number of hydrogen-bond acceptors (Lipinski definition) is 4. The molecule has 1 fully saturated rings. The Morgan fingerprint density at radius 1 is 1.10 bits per heavy atom. The van der Waals surface area contributed by atoms with E-state index in [9.17, 15) is 0 Å². The lowest BCUT2D eigenvalue weighted by atomic mass is 9.91. The summed E-state index contributed by atoms with van der Waals surface area (Å²) in [7, 11) is 1.65. The van der Waals surface area contributed by atoms with Crippen molar-refractivity contribution in [3.05, 3.63) is 24.3 Å². The van der Waals surface area contributed by atoms with Gasteiger partial charge in [-0.1, -0.05) is 6.92 Å². The number of hydrogen-bond donors (Lipinski definition) is 0. The zero-order valence-electron chi connectivity index (χ0n) is 12.6. The van der Waals surface area contributed by atoms with E-state index < -0.39 is 0 Å². The van der Waals surface area contributed by atoms with Gasteiger partial charge in [-0.15, -0.1) is 11.6 Å². The van der Waals surface area contributed by atoms with Gasteiger partial charge in [0.05, 0.1) is 25.2 Å². The number of halogens is 1. The minimum atomic E-state index is -0.0714. The van der Waals surface area contributed by atoms with Crippen molar-refractivity contribution in [2.24, 2.45) is 0 Å². The van der Waals surface area contributed by atoms with Crippen LogP contribution in [-0.4, -0.2) is 44.5 Å². The molecule has 1 saturated carbocycles. The molecular weight excluding hydrogens is 292 g/mol. The second-order valence-corrected chi connectivity index (χ2v) is 5.62. The van der Waals surface area contributed by atoms with E-state index in [0.717, 1.165) is 30.9 Å². The molecule has 0 amide bonds. The molecule has 0 heterocycles. The SMILES string of the molecule is CCCOc1ccc(OC2CC(Cl)C2OCCOC)cc1. The molecule has 0 aliphatic heterocycles. The van der Waals surface area contributed by atoms with E-state index in [1.807, 2.05) is 24.3 Å². The Labute approximate surface area is 131 Å². The lowest BCUT2D eigenvalue weighted by Gasteiger charge is -2.40. The molecule has 0 spiro atoms. The molecule has 21 heavy (non-hydrogen) atoms. The molecule has 118 valence electrons. The third kappa shape index (κ3) is 4.77. The minimum absolute atomic E-state index is 0.00627. The van der Waals surface area contributed by atoms with Crippen molar-refractivity contribution >= 4 is 11.6 Å². The lowest BCUT2D eigenvalue weighted by molar-refractivity contribution is -0.0898. The zero-order valence-corrected chi connectivity index (χ0v) is 13.3. The van der Waals surface area contributed by atoms with Crippen LogP contribution in [0, 0.1) is 0 Å². The van der Waals surface area contributed by atoms with Crippen molar-refractivity contribution in [3.8, 4) is 11.5 Å². The average Bonchev–Trinajstić information content (AvgIpc) is 2.50. The summed E-state index contributed by atoms with van der Waals surface area (Å²) in [6, 6.07) is 7.67. The predicted octanol–water partition coefficient (Wildman–Crippen LogP) is 3.27. The molecule has 3 atom stereocenters. The summed E-state index contributed by atoms with van der Waals surface area (Å²) in [6.45, 7) is 3.91. The molecule has 0 saturated heterocycles. The zero-order chi connectivity index (χ0) is 15.1. The van der Waals surface area contributed by atoms with E-state index in [4.69, 9.17) is 30.5 Å². The maximum atomic E-state index is 6.17. The van der Waals surface area contributed by atoms with Gasteiger partial charge in [0, 0.05) is 13.5 Å². The predicted molar refractivity (Wildman–Crippen MR) is 82.5 cm³/mol. The van der Waals surface area contributed by atoms with Gasteiger partial charge in [0.15, 0.2) is 0 Å². The van der Waals surface area contributed by atoms with Gasteiger partial charge < -0.3 is 18.9 Å². The first-order valence-corrected chi connectivity index (χ1v) is 7.82. The molecule has 3 unspecified atom stereocenters. The van der Waals surface area contributed by atoms with E-state index in [1.54, 1.807) is 7.11 Å². The van der Waals surface area contributed by atoms with Crippen molar-refractivity contribution in [2.45, 2.75) is 37.4 Å². The first-order chi connectivity index (χ1) is 10.2. The fourth-order valence-corrected chi connectivity index (χ4v) is 2.54. The summed E-state index contributed by atoms with van der Waals surface area (Å²) in [5.74, 6) is 1.67. The minimum Gasteiger partial charge on any atom is -0.494 e. The van der Waals surface area contributed by atoms with Crippen LogP contribution in [0.3, 0.4) is 0 Å². The number of ether oxygens (including phenoxy) is 4. The Kier molecular flexibility index (Phi) is 6.61. The van der Waals surface area contributed by atoms with E-state index in [-0.39, 0.29) is 17.6 Å². The van der Waals surface area contributed by atoms with Crippen LogP contribution in [0.15, 0.2) is 24.3 Å². The molecule has 1 aromatic rings. The smallest absolute Gasteiger partial charge is 0.128 e. The Hall–Kier alpha value is -0.970. The van der Waals surface area contributed by atoms with Crippen LogP contribution in [-0.2, 0) is 9.47 Å². The van der Waals surface area contributed by atoms with Crippen molar-refractivity contribution in [3.63, 3.8) is 0 Å². The largest absolute Gasteiger partial charge is 0.494 e. The van der Waals surface area contributed by atoms with Crippen LogP contribution < -0.4 is 9.47 Å². The molecule has 1 aromatic carbocycles. The van der Waals surface area contributed by atoms with Crippen LogP contribution in [0.25, 0.3) is 0 Å². The maximum absolute atomic E-state index is 6.17. The highest BCUT2D eigenvalue weighted by Crippen LogP contribution is 2.33. The number of rotatable bonds is 9. The lowest BCUT2D eigenvalue weighted by Crippen LogP contribution is -2.53. The third-order valence-corrected chi connectivity index (χ3v) is 3.79. The van der Waals surface area contributed by atoms with Gasteiger partial charge in [-0.25, -0.2) is 0 Å². The molecule has 2 rings (SSSR count). The summed E-state index contributed by atoms with van der Waals surface area (Å²) >= 11 is 6.17. The molecule has 5 heteroatoms. The fraction of sp³-hybridized carbons (Fsp3) is 0.625. The van der Waals surface area contributed by atoms with Gasteiger partial charge in [-0.3, -0.25) is 0 Å². The van der Waals surface area contributed by atoms with Crippen LogP contribution >= 0.6 is 11.6 Å². The van der Waals surface area contributed by atoms with Crippen molar-refractivity contribution in [2.75, 3.05) is 26.9 Å². The van der Waals surface area contributed by atoms with Gasteiger partial charge in [0.25, 0.3) is 0 Å². The standard InChI is InChI=1S/C16H23ClO4/c1-3-8-19-12-4-6-13(7-5-12)21-15-11-14(17)16(15)20-10-9-18-2/h4-7,14-16H,3,8-11H2,1-2H3. The normalized spacial score (nSPS) is 24.4. The summed E-state index contributed by atoms with van der Waals surface area (Å²) in [4.78, 5) is 0. The van der Waals surface area contributed by atoms with Gasteiger partial charge in [0.1, 0.15) is 23.7 Å². The summed E-state index contributed by atoms with van der Waals surface area (Å²) in [5, 5.41) is 0.0130. The third-order valence-electron chi connectivity index (χ3n) is 3.36. The maximum Gasteiger partial charge on any atom is 0.128 e. The highest BCUT2D eigenvalue weighted by atomic mass is 35.5. The van der Waals surface area contributed by atoms with Crippen molar-refractivity contribution < 1.29 is 18.9 Å². The summed E-state index contributed by atoms with van der Waals surface area (Å²) in [5.41, 5.74) is 0. The van der Waals surface area contributed by atoms with Crippen molar-refractivity contribution in [1.82, 2.24) is 0 Å². The molecule has 4 nitrogen and oxygen atoms in total. The summed E-state index contributed by atoms with van der Waals surface area (Å²) in [6.07, 6.45) is 1.73. The van der Waals surface area contributed by atoms with Crippen molar-refractivity contribution in [1.29, 1.82) is 0 Å². The van der Waals surface area contributed by atoms with Crippen LogP contribution in [0.1, 0.15) is 19.8 Å². The molecule has 0 radical (unpaired) electrons. The fourth-order valence-electron chi connectivity index (χ4n) is 2.13. The molecular formula is C16H23ClO4. The Morgan fingerprint density at radius 2 is 1.81 bits per heavy atom. The van der Waals surface area contributed by atoms with E-state index >= 15 is 0 Å². The number of benzene rings is 1. The molecule has 1 aliphatic carbocycles. The van der Waals surface area contributed by atoms with Gasteiger partial charge >= 0.3 is 0 Å². The topological polar surface area (TPSA) is 36.9 Å². The van der Waals surface area contributed by atoms with E-state index in [1.165, 1.54) is 0 Å². The monoisotopic (exact) mass is 314 g/mol. The number of alkyl halides is 1. The Morgan fingerprint density at radius 3 is 2.43 bits per heavy atom. The molecule has 0 bridgehead atoms. The number of methoxy groups -OCH3 is 1. The Bertz CT molecular complexity index is 409. The van der Waals surface area contributed by atoms with E-state index in [0.29, 0.717) is 13.2 Å².